The highest BCUT2D eigenvalue weighted by molar-refractivity contribution is 7.98. The van der Waals surface area contributed by atoms with Gasteiger partial charge in [-0.2, -0.15) is 11.8 Å². The average Bonchev–Trinajstić information content (AvgIpc) is 2.85. The number of urea groups is 1. The van der Waals surface area contributed by atoms with E-state index < -0.39 is 5.97 Å². The normalized spacial score (nSPS) is 31.4. The molecule has 102 valence electrons. The van der Waals surface area contributed by atoms with Crippen molar-refractivity contribution >= 4 is 23.8 Å². The number of nitrogens with zero attached hydrogens (tertiary/aromatic N) is 1. The van der Waals surface area contributed by atoms with Crippen LogP contribution in [0.1, 0.15) is 26.2 Å². The van der Waals surface area contributed by atoms with Crippen molar-refractivity contribution < 1.29 is 14.7 Å². The van der Waals surface area contributed by atoms with Crippen molar-refractivity contribution in [1.29, 1.82) is 0 Å². The largest absolute Gasteiger partial charge is 0.481 e. The summed E-state index contributed by atoms with van der Waals surface area (Å²) in [5, 5.41) is 12.1. The highest BCUT2D eigenvalue weighted by atomic mass is 32.2. The molecule has 2 amide bonds. The molecule has 18 heavy (non-hydrogen) atoms. The Bertz CT molecular complexity index is 350. The van der Waals surface area contributed by atoms with Gasteiger partial charge >= 0.3 is 12.0 Å². The molecule has 0 aliphatic carbocycles. The summed E-state index contributed by atoms with van der Waals surface area (Å²) in [5.41, 5.74) is 0. The standard InChI is InChI=1S/C12H20N2O3S/c1-7(6-18-2)13-12(17)14-8-3-4-10(14)9(5-8)11(15)16/h7-10H,3-6H2,1-2H3,(H,13,17)(H,15,16). The van der Waals surface area contributed by atoms with E-state index in [2.05, 4.69) is 5.32 Å². The van der Waals surface area contributed by atoms with E-state index in [4.69, 9.17) is 5.11 Å². The Kier molecular flexibility index (Phi) is 4.04. The maximum absolute atomic E-state index is 12.2. The van der Waals surface area contributed by atoms with Crippen molar-refractivity contribution in [3.63, 3.8) is 0 Å². The Morgan fingerprint density at radius 1 is 1.50 bits per heavy atom. The SMILES string of the molecule is CSCC(C)NC(=O)N1C2CCC1C(C(=O)O)C2. The van der Waals surface area contributed by atoms with Gasteiger partial charge in [0.05, 0.1) is 5.92 Å². The number of amides is 2. The van der Waals surface area contributed by atoms with Gasteiger partial charge in [0.2, 0.25) is 0 Å². The Balaban J connectivity index is 1.97. The van der Waals surface area contributed by atoms with Crippen LogP contribution >= 0.6 is 11.8 Å². The molecule has 0 spiro atoms. The third-order valence-corrected chi connectivity index (χ3v) is 4.71. The van der Waals surface area contributed by atoms with E-state index in [1.54, 1.807) is 16.7 Å². The zero-order chi connectivity index (χ0) is 13.3. The zero-order valence-electron chi connectivity index (χ0n) is 10.8. The van der Waals surface area contributed by atoms with Crippen molar-refractivity contribution in [2.75, 3.05) is 12.0 Å². The van der Waals surface area contributed by atoms with Gasteiger partial charge in [0.1, 0.15) is 0 Å². The fourth-order valence-electron chi connectivity index (χ4n) is 3.15. The predicted octanol–water partition coefficient (Wildman–Crippen LogP) is 1.38. The van der Waals surface area contributed by atoms with Gasteiger partial charge in [-0.3, -0.25) is 4.79 Å². The number of carboxylic acids is 1. The Hall–Kier alpha value is -0.910. The highest BCUT2D eigenvalue weighted by Crippen LogP contribution is 2.41. The first-order chi connectivity index (χ1) is 8.54. The minimum atomic E-state index is -0.767. The zero-order valence-corrected chi connectivity index (χ0v) is 11.6. The minimum Gasteiger partial charge on any atom is -0.481 e. The minimum absolute atomic E-state index is 0.0900. The summed E-state index contributed by atoms with van der Waals surface area (Å²) in [6.45, 7) is 1.97. The van der Waals surface area contributed by atoms with Crippen LogP contribution in [0, 0.1) is 5.92 Å². The molecule has 2 N–H and O–H groups in total. The van der Waals surface area contributed by atoms with E-state index in [0.29, 0.717) is 6.42 Å². The number of fused-ring (bicyclic) bond motifs is 2. The second-order valence-corrected chi connectivity index (χ2v) is 6.10. The van der Waals surface area contributed by atoms with Crippen molar-refractivity contribution in [1.82, 2.24) is 10.2 Å². The molecule has 2 saturated heterocycles. The third kappa shape index (κ3) is 2.43. The van der Waals surface area contributed by atoms with Gasteiger partial charge in [0, 0.05) is 23.9 Å². The van der Waals surface area contributed by atoms with E-state index in [1.165, 1.54) is 0 Å². The monoisotopic (exact) mass is 272 g/mol. The first-order valence-corrected chi connectivity index (χ1v) is 7.74. The van der Waals surface area contributed by atoms with Gasteiger partial charge in [-0.15, -0.1) is 0 Å². The topological polar surface area (TPSA) is 69.6 Å². The number of carbonyl (C=O) groups excluding carboxylic acids is 1. The Morgan fingerprint density at radius 3 is 2.78 bits per heavy atom. The number of hydrogen-bond donors (Lipinski definition) is 2. The number of nitrogens with one attached hydrogen (secondary N) is 1. The first-order valence-electron chi connectivity index (χ1n) is 6.35. The van der Waals surface area contributed by atoms with Crippen LogP contribution in [0.4, 0.5) is 4.79 Å². The van der Waals surface area contributed by atoms with Gasteiger partial charge in [-0.05, 0) is 32.4 Å². The maximum Gasteiger partial charge on any atom is 0.318 e. The molecule has 0 aromatic rings. The Labute approximate surface area is 111 Å². The average molecular weight is 272 g/mol. The molecule has 2 aliphatic heterocycles. The van der Waals surface area contributed by atoms with Crippen LogP contribution in [0.15, 0.2) is 0 Å². The molecule has 0 aromatic heterocycles. The van der Waals surface area contributed by atoms with Gasteiger partial charge in [-0.1, -0.05) is 0 Å². The molecule has 2 rings (SSSR count). The molecule has 2 aliphatic rings. The van der Waals surface area contributed by atoms with Crippen molar-refractivity contribution in [2.24, 2.45) is 5.92 Å². The van der Waals surface area contributed by atoms with Crippen molar-refractivity contribution in [2.45, 2.75) is 44.3 Å². The summed E-state index contributed by atoms with van der Waals surface area (Å²) in [4.78, 5) is 25.1. The molecular weight excluding hydrogens is 252 g/mol. The molecule has 6 heteroatoms. The summed E-state index contributed by atoms with van der Waals surface area (Å²) in [5.74, 6) is -0.264. The van der Waals surface area contributed by atoms with Gasteiger partial charge in [0.15, 0.2) is 0 Å². The fraction of sp³-hybridized carbons (Fsp3) is 0.833. The quantitative estimate of drug-likeness (QED) is 0.811. The number of rotatable bonds is 4. The molecule has 0 radical (unpaired) electrons. The van der Waals surface area contributed by atoms with E-state index in [0.717, 1.165) is 18.6 Å². The van der Waals surface area contributed by atoms with Crippen LogP contribution in [0.3, 0.4) is 0 Å². The predicted molar refractivity (Wildman–Crippen MR) is 70.8 cm³/mol. The van der Waals surface area contributed by atoms with Crippen LogP contribution in [-0.4, -0.2) is 52.1 Å². The summed E-state index contributed by atoms with van der Waals surface area (Å²) in [7, 11) is 0. The smallest absolute Gasteiger partial charge is 0.318 e. The van der Waals surface area contributed by atoms with E-state index in [9.17, 15) is 9.59 Å². The lowest BCUT2D eigenvalue weighted by atomic mass is 9.89. The number of thioether (sulfide) groups is 1. The molecular formula is C12H20N2O3S. The van der Waals surface area contributed by atoms with Crippen molar-refractivity contribution in [3.8, 4) is 0 Å². The number of aliphatic carboxylic acids is 1. The maximum atomic E-state index is 12.2. The summed E-state index contributed by atoms with van der Waals surface area (Å²) in [6, 6.07) is 0.0511. The van der Waals surface area contributed by atoms with Crippen LogP contribution in [-0.2, 0) is 4.79 Å². The number of carbonyl (C=O) groups is 2. The van der Waals surface area contributed by atoms with E-state index in [-0.39, 0.29) is 30.1 Å². The van der Waals surface area contributed by atoms with Gasteiger partial charge in [0.25, 0.3) is 0 Å². The van der Waals surface area contributed by atoms with E-state index in [1.807, 2.05) is 13.2 Å². The van der Waals surface area contributed by atoms with Gasteiger partial charge < -0.3 is 15.3 Å². The van der Waals surface area contributed by atoms with Crippen LogP contribution in [0.5, 0.6) is 0 Å². The summed E-state index contributed by atoms with van der Waals surface area (Å²) < 4.78 is 0. The van der Waals surface area contributed by atoms with Crippen molar-refractivity contribution in [3.05, 3.63) is 0 Å². The fourth-order valence-corrected chi connectivity index (χ4v) is 3.73. The molecule has 2 bridgehead atoms. The molecule has 2 fully saturated rings. The van der Waals surface area contributed by atoms with Crippen LogP contribution in [0.2, 0.25) is 0 Å². The summed E-state index contributed by atoms with van der Waals surface area (Å²) >= 11 is 1.69. The second kappa shape index (κ2) is 5.38. The Morgan fingerprint density at radius 2 is 2.22 bits per heavy atom. The lowest BCUT2D eigenvalue weighted by molar-refractivity contribution is -0.142. The summed E-state index contributed by atoms with van der Waals surface area (Å²) in [6.07, 6.45) is 4.39. The number of carboxylic acid groups (broad SMARTS) is 1. The van der Waals surface area contributed by atoms with E-state index >= 15 is 0 Å². The molecule has 5 nitrogen and oxygen atoms in total. The molecule has 4 atom stereocenters. The lowest BCUT2D eigenvalue weighted by Crippen LogP contribution is -2.47. The highest BCUT2D eigenvalue weighted by Gasteiger charge is 2.51. The molecule has 0 aromatic carbocycles. The molecule has 0 saturated carbocycles. The van der Waals surface area contributed by atoms with Crippen LogP contribution < -0.4 is 5.32 Å². The molecule has 2 heterocycles. The second-order valence-electron chi connectivity index (χ2n) is 5.19. The van der Waals surface area contributed by atoms with Crippen LogP contribution in [0.25, 0.3) is 0 Å². The third-order valence-electron chi connectivity index (χ3n) is 3.88. The lowest BCUT2D eigenvalue weighted by Gasteiger charge is -2.25. The first kappa shape index (κ1) is 13.5. The number of hydrogen-bond acceptors (Lipinski definition) is 3. The molecule has 4 unspecified atom stereocenters. The van der Waals surface area contributed by atoms with Gasteiger partial charge in [-0.25, -0.2) is 4.79 Å².